The van der Waals surface area contributed by atoms with Gasteiger partial charge in [-0.15, -0.1) is 0 Å². The predicted octanol–water partition coefficient (Wildman–Crippen LogP) is 2.76. The van der Waals surface area contributed by atoms with Gasteiger partial charge in [-0.3, -0.25) is 0 Å². The lowest BCUT2D eigenvalue weighted by molar-refractivity contribution is 0.558. The van der Waals surface area contributed by atoms with Gasteiger partial charge in [-0.2, -0.15) is 0 Å². The van der Waals surface area contributed by atoms with Crippen molar-refractivity contribution in [2.24, 2.45) is 0 Å². The summed E-state index contributed by atoms with van der Waals surface area (Å²) >= 11 is 3.32. The number of anilines is 1. The Hall–Kier alpha value is -1.37. The fraction of sp³-hybridized carbons (Fsp3) is 0.200. The van der Waals surface area contributed by atoms with Gasteiger partial charge in [0.05, 0.1) is 5.69 Å². The molecule has 6 heteroatoms. The average molecular weight is 367 g/mol. The summed E-state index contributed by atoms with van der Waals surface area (Å²) in [5.74, 6) is 0. The van der Waals surface area contributed by atoms with E-state index in [-0.39, 0.29) is 10.9 Å². The van der Waals surface area contributed by atoms with E-state index in [1.807, 2.05) is 36.4 Å². The monoisotopic (exact) mass is 366 g/mol. The minimum atomic E-state index is -3.51. The molecule has 0 spiro atoms. The second kappa shape index (κ2) is 5.79. The van der Waals surface area contributed by atoms with E-state index in [9.17, 15) is 8.42 Å². The summed E-state index contributed by atoms with van der Waals surface area (Å²) in [7, 11) is -3.51. The Morgan fingerprint density at radius 1 is 1.14 bits per heavy atom. The third-order valence-electron chi connectivity index (χ3n) is 3.42. The zero-order chi connectivity index (χ0) is 14.9. The molecule has 1 heterocycles. The lowest BCUT2D eigenvalue weighted by Gasteiger charge is -2.15. The van der Waals surface area contributed by atoms with E-state index in [1.54, 1.807) is 12.1 Å². The van der Waals surface area contributed by atoms with Crippen molar-refractivity contribution in [1.29, 1.82) is 0 Å². The van der Waals surface area contributed by atoms with Gasteiger partial charge in [0.15, 0.2) is 0 Å². The first-order chi connectivity index (χ1) is 10.0. The van der Waals surface area contributed by atoms with Crippen LogP contribution in [0.25, 0.3) is 0 Å². The van der Waals surface area contributed by atoms with Gasteiger partial charge in [0.1, 0.15) is 4.90 Å². The van der Waals surface area contributed by atoms with Crippen LogP contribution in [0.2, 0.25) is 0 Å². The largest absolute Gasteiger partial charge is 0.382 e. The Labute approximate surface area is 132 Å². The smallest absolute Gasteiger partial charge is 0.242 e. The van der Waals surface area contributed by atoms with Crippen molar-refractivity contribution in [3.05, 3.63) is 58.6 Å². The van der Waals surface area contributed by atoms with Gasteiger partial charge in [0.2, 0.25) is 10.0 Å². The fourth-order valence-electron chi connectivity index (χ4n) is 2.43. The molecule has 2 N–H and O–H groups in total. The van der Waals surface area contributed by atoms with Gasteiger partial charge in [-0.1, -0.05) is 46.3 Å². The summed E-state index contributed by atoms with van der Waals surface area (Å²) < 4.78 is 28.5. The molecule has 21 heavy (non-hydrogen) atoms. The maximum Gasteiger partial charge on any atom is 0.242 e. The van der Waals surface area contributed by atoms with E-state index in [4.69, 9.17) is 0 Å². The van der Waals surface area contributed by atoms with Gasteiger partial charge >= 0.3 is 0 Å². The second-order valence-corrected chi connectivity index (χ2v) is 7.63. The molecule has 1 aliphatic heterocycles. The molecule has 0 saturated heterocycles. The number of benzene rings is 2. The van der Waals surface area contributed by atoms with Gasteiger partial charge in [0.25, 0.3) is 0 Å². The van der Waals surface area contributed by atoms with E-state index in [1.165, 1.54) is 0 Å². The molecule has 0 fully saturated rings. The molecule has 0 bridgehead atoms. The van der Waals surface area contributed by atoms with E-state index in [2.05, 4.69) is 26.0 Å². The zero-order valence-corrected chi connectivity index (χ0v) is 13.6. The standard InChI is InChI=1S/C15H15BrN2O2S/c16-12-6-7-14-15(9-12)21(19,20)18-13(10-17-14)8-11-4-2-1-3-5-11/h1-7,9,13,17-18H,8,10H2. The lowest BCUT2D eigenvalue weighted by Crippen LogP contribution is -2.38. The van der Waals surface area contributed by atoms with E-state index in [0.717, 1.165) is 10.0 Å². The average Bonchev–Trinajstić information content (AvgIpc) is 2.57. The maximum atomic E-state index is 12.5. The van der Waals surface area contributed by atoms with Crippen LogP contribution in [0.5, 0.6) is 0 Å². The molecular formula is C15H15BrN2O2S. The van der Waals surface area contributed by atoms with Crippen LogP contribution in [0.3, 0.4) is 0 Å². The molecular weight excluding hydrogens is 352 g/mol. The molecule has 0 aliphatic carbocycles. The number of rotatable bonds is 2. The predicted molar refractivity (Wildman–Crippen MR) is 86.9 cm³/mol. The summed E-state index contributed by atoms with van der Waals surface area (Å²) in [6.07, 6.45) is 0.655. The highest BCUT2D eigenvalue weighted by molar-refractivity contribution is 9.10. The van der Waals surface area contributed by atoms with Crippen molar-refractivity contribution >= 4 is 31.6 Å². The van der Waals surface area contributed by atoms with Gasteiger partial charge < -0.3 is 5.32 Å². The Bertz CT molecular complexity index is 748. The number of halogens is 1. The molecule has 4 nitrogen and oxygen atoms in total. The maximum absolute atomic E-state index is 12.5. The summed E-state index contributed by atoms with van der Waals surface area (Å²) in [6, 6.07) is 14.9. The molecule has 2 aromatic carbocycles. The normalized spacial score (nSPS) is 20.1. The van der Waals surface area contributed by atoms with Crippen LogP contribution in [-0.4, -0.2) is 21.0 Å². The molecule has 1 unspecified atom stereocenters. The number of hydrogen-bond acceptors (Lipinski definition) is 3. The molecule has 1 atom stereocenters. The van der Waals surface area contributed by atoms with Crippen LogP contribution in [0.15, 0.2) is 57.9 Å². The summed E-state index contributed by atoms with van der Waals surface area (Å²) in [5.41, 5.74) is 1.75. The van der Waals surface area contributed by atoms with Crippen LogP contribution in [0.1, 0.15) is 5.56 Å². The van der Waals surface area contributed by atoms with Crippen molar-refractivity contribution in [2.45, 2.75) is 17.4 Å². The SMILES string of the molecule is O=S1(=O)NC(Cc2ccccc2)CNc2ccc(Br)cc21. The minimum absolute atomic E-state index is 0.177. The molecule has 0 amide bonds. The van der Waals surface area contributed by atoms with Crippen molar-refractivity contribution in [3.63, 3.8) is 0 Å². The highest BCUT2D eigenvalue weighted by Crippen LogP contribution is 2.27. The topological polar surface area (TPSA) is 58.2 Å². The number of sulfonamides is 1. The third-order valence-corrected chi connectivity index (χ3v) is 5.47. The molecule has 110 valence electrons. The van der Waals surface area contributed by atoms with E-state index in [0.29, 0.717) is 18.7 Å². The van der Waals surface area contributed by atoms with Crippen LogP contribution in [-0.2, 0) is 16.4 Å². The molecule has 0 aromatic heterocycles. The molecule has 0 saturated carbocycles. The molecule has 1 aliphatic rings. The quantitative estimate of drug-likeness (QED) is 0.858. The Morgan fingerprint density at radius 2 is 1.90 bits per heavy atom. The highest BCUT2D eigenvalue weighted by Gasteiger charge is 2.27. The van der Waals surface area contributed by atoms with Crippen molar-refractivity contribution in [3.8, 4) is 0 Å². The summed E-state index contributed by atoms with van der Waals surface area (Å²) in [4.78, 5) is 0.285. The first kappa shape index (κ1) is 14.6. The zero-order valence-electron chi connectivity index (χ0n) is 11.2. The number of hydrogen-bond donors (Lipinski definition) is 2. The Balaban J connectivity index is 1.88. The first-order valence-corrected chi connectivity index (χ1v) is 8.92. The van der Waals surface area contributed by atoms with E-state index >= 15 is 0 Å². The van der Waals surface area contributed by atoms with Crippen LogP contribution in [0, 0.1) is 0 Å². The number of nitrogens with one attached hydrogen (secondary N) is 2. The lowest BCUT2D eigenvalue weighted by atomic mass is 10.1. The van der Waals surface area contributed by atoms with E-state index < -0.39 is 10.0 Å². The first-order valence-electron chi connectivity index (χ1n) is 6.64. The van der Waals surface area contributed by atoms with Gasteiger partial charge in [0, 0.05) is 17.1 Å². The molecule has 0 radical (unpaired) electrons. The number of fused-ring (bicyclic) bond motifs is 1. The van der Waals surface area contributed by atoms with Crippen molar-refractivity contribution in [1.82, 2.24) is 4.72 Å². The Morgan fingerprint density at radius 3 is 2.67 bits per heavy atom. The van der Waals surface area contributed by atoms with Gasteiger partial charge in [-0.25, -0.2) is 13.1 Å². The summed E-state index contributed by atoms with van der Waals surface area (Å²) in [6.45, 7) is 0.558. The second-order valence-electron chi connectivity index (χ2n) is 5.03. The summed E-state index contributed by atoms with van der Waals surface area (Å²) in [5, 5.41) is 3.22. The van der Waals surface area contributed by atoms with Crippen LogP contribution >= 0.6 is 15.9 Å². The third kappa shape index (κ3) is 3.28. The Kier molecular flexibility index (Phi) is 4.01. The fourth-order valence-corrected chi connectivity index (χ4v) is 4.39. The van der Waals surface area contributed by atoms with Crippen LogP contribution < -0.4 is 10.0 Å². The van der Waals surface area contributed by atoms with Crippen molar-refractivity contribution in [2.75, 3.05) is 11.9 Å². The molecule has 3 rings (SSSR count). The highest BCUT2D eigenvalue weighted by atomic mass is 79.9. The van der Waals surface area contributed by atoms with Crippen LogP contribution in [0.4, 0.5) is 5.69 Å². The van der Waals surface area contributed by atoms with Gasteiger partial charge in [-0.05, 0) is 30.2 Å². The minimum Gasteiger partial charge on any atom is -0.382 e. The molecule has 2 aromatic rings. The van der Waals surface area contributed by atoms with Crippen molar-refractivity contribution < 1.29 is 8.42 Å².